The van der Waals surface area contributed by atoms with E-state index < -0.39 is 0 Å². The first kappa shape index (κ1) is 71.5. The maximum atomic E-state index is 4.94. The van der Waals surface area contributed by atoms with Gasteiger partial charge in [-0.25, -0.2) is 29.9 Å². The van der Waals surface area contributed by atoms with Crippen LogP contribution in [-0.2, 0) is 0 Å². The SMILES string of the molecule is Cc1cn2ccc3cc(-c4ccccc4-c4cc(-c5ccccc5-c5ccc(-c6cc(-c7ccc(C8C=CC=CC8c8cc(-c9ccccc9-c9ccc%10c(ccn%11cc(C)nc%10%11)c9)cc(-c9ccccc9-c9ccc%10c(ccn%11cc(C)nc%10%11)c9)c8)cc7)ncn6)cc5)cc(-c5ccccc5-c5ccc6c(ccn7cc(C)nc67)c5)c4)ccc3c2n1. The highest BCUT2D eigenvalue weighted by atomic mass is 15.0. The number of rotatable bonds is 14. The molecule has 0 saturated heterocycles. The Bertz CT molecular complexity index is 7720. The maximum Gasteiger partial charge on any atom is 0.144 e. The van der Waals surface area contributed by atoms with Crippen molar-refractivity contribution in [1.29, 1.82) is 0 Å². The molecule has 0 amide bonds. The summed E-state index contributed by atoms with van der Waals surface area (Å²) in [5.74, 6) is 0.0323. The van der Waals surface area contributed by atoms with Crippen molar-refractivity contribution in [3.8, 4) is 134 Å². The number of nitrogens with zero attached hydrogens (tertiary/aromatic N) is 10. The summed E-state index contributed by atoms with van der Waals surface area (Å²) in [6.07, 6.45) is 27.7. The first-order valence-electron chi connectivity index (χ1n) is 41.7. The number of allylic oxidation sites excluding steroid dienone is 4. The van der Waals surface area contributed by atoms with E-state index in [4.69, 9.17) is 29.9 Å². The predicted molar refractivity (Wildman–Crippen MR) is 501 cm³/mol. The number of benzene rings is 13. The van der Waals surface area contributed by atoms with E-state index in [1.807, 2.05) is 13.8 Å². The largest absolute Gasteiger partial charge is 0.306 e. The maximum absolute atomic E-state index is 4.94. The second-order valence-electron chi connectivity index (χ2n) is 32.6. The minimum atomic E-state index is 0.00325. The lowest BCUT2D eigenvalue weighted by molar-refractivity contribution is 0.730. The minimum absolute atomic E-state index is 0.00325. The van der Waals surface area contributed by atoms with Gasteiger partial charge < -0.3 is 17.6 Å². The molecule has 0 spiro atoms. The van der Waals surface area contributed by atoms with Gasteiger partial charge in [-0.05, 0) is 250 Å². The van der Waals surface area contributed by atoms with E-state index in [-0.39, 0.29) is 11.8 Å². The number of hydrogen-bond donors (Lipinski definition) is 0. The summed E-state index contributed by atoms with van der Waals surface area (Å²) < 4.78 is 8.47. The van der Waals surface area contributed by atoms with Gasteiger partial charge >= 0.3 is 0 Å². The van der Waals surface area contributed by atoms with Crippen molar-refractivity contribution in [1.82, 2.24) is 47.5 Å². The molecule has 22 aromatic rings. The van der Waals surface area contributed by atoms with Gasteiger partial charge in [0.05, 0.1) is 34.2 Å². The molecule has 10 heteroatoms. The van der Waals surface area contributed by atoms with Gasteiger partial charge in [0, 0.05) is 94.1 Å². The fourth-order valence-electron chi connectivity index (χ4n) is 19.0. The van der Waals surface area contributed by atoms with Crippen LogP contribution in [0.5, 0.6) is 0 Å². The molecule has 0 aliphatic heterocycles. The van der Waals surface area contributed by atoms with Gasteiger partial charge in [0.15, 0.2) is 0 Å². The summed E-state index contributed by atoms with van der Waals surface area (Å²) in [7, 11) is 0. The van der Waals surface area contributed by atoms with Gasteiger partial charge in [0.25, 0.3) is 0 Å². The van der Waals surface area contributed by atoms with Crippen LogP contribution in [-0.4, -0.2) is 47.5 Å². The summed E-state index contributed by atoms with van der Waals surface area (Å²) in [5, 5.41) is 9.09. The third-order valence-corrected chi connectivity index (χ3v) is 24.8. The Morgan fingerprint density at radius 1 is 0.221 bits per heavy atom. The minimum Gasteiger partial charge on any atom is -0.306 e. The fourth-order valence-corrected chi connectivity index (χ4v) is 19.0. The molecule has 0 bridgehead atoms. The number of imidazole rings is 4. The van der Waals surface area contributed by atoms with Crippen LogP contribution in [0.2, 0.25) is 0 Å². The molecule has 9 heterocycles. The van der Waals surface area contributed by atoms with E-state index in [2.05, 4.69) is 415 Å². The van der Waals surface area contributed by atoms with E-state index in [9.17, 15) is 0 Å². The average Bonchev–Trinajstić information content (AvgIpc) is 1.45. The van der Waals surface area contributed by atoms with Crippen molar-refractivity contribution < 1.29 is 0 Å². The highest BCUT2D eigenvalue weighted by Crippen LogP contribution is 2.48. The van der Waals surface area contributed by atoms with Crippen LogP contribution in [0.3, 0.4) is 0 Å². The number of fused-ring (bicyclic) bond motifs is 12. The van der Waals surface area contributed by atoms with E-state index in [0.717, 1.165) is 211 Å². The summed E-state index contributed by atoms with van der Waals surface area (Å²) in [4.78, 5) is 29.5. The Balaban J connectivity index is 0.575. The molecule has 23 rings (SSSR count). The normalized spacial score (nSPS) is 13.5. The second kappa shape index (κ2) is 29.1. The van der Waals surface area contributed by atoms with Crippen molar-refractivity contribution in [2.75, 3.05) is 0 Å². The van der Waals surface area contributed by atoms with Gasteiger partial charge in [-0.1, -0.05) is 255 Å². The van der Waals surface area contributed by atoms with Gasteiger partial charge in [0.1, 0.15) is 28.9 Å². The Kier molecular flexibility index (Phi) is 17.1. The summed E-state index contributed by atoms with van der Waals surface area (Å²) in [6.45, 7) is 8.20. The quantitative estimate of drug-likeness (QED) is 0.108. The average molecular weight is 1560 g/mol. The molecule has 1 aliphatic rings. The molecule has 0 saturated carbocycles. The molecule has 0 fully saturated rings. The second-order valence-corrected chi connectivity index (χ2v) is 32.6. The monoisotopic (exact) mass is 1560 g/mol. The molecular formula is C112H78N10. The molecular weight excluding hydrogens is 1490 g/mol. The van der Waals surface area contributed by atoms with Crippen LogP contribution in [0.4, 0.5) is 0 Å². The zero-order chi connectivity index (χ0) is 81.2. The van der Waals surface area contributed by atoms with Crippen molar-refractivity contribution >= 4 is 65.7 Å². The zero-order valence-corrected chi connectivity index (χ0v) is 67.6. The lowest BCUT2D eigenvalue weighted by Gasteiger charge is -2.27. The first-order valence-corrected chi connectivity index (χ1v) is 41.7. The van der Waals surface area contributed by atoms with E-state index in [1.54, 1.807) is 6.33 Å². The smallest absolute Gasteiger partial charge is 0.144 e. The van der Waals surface area contributed by atoms with Crippen molar-refractivity contribution in [2.24, 2.45) is 0 Å². The number of hydrogen-bond acceptors (Lipinski definition) is 6. The molecule has 1 aliphatic carbocycles. The highest BCUT2D eigenvalue weighted by molar-refractivity contribution is 6.04. The Morgan fingerprint density at radius 2 is 0.475 bits per heavy atom. The molecule has 576 valence electrons. The topological polar surface area (TPSA) is 95.0 Å². The molecule has 2 atom stereocenters. The number of aromatic nitrogens is 10. The number of pyridine rings is 4. The third-order valence-electron chi connectivity index (χ3n) is 24.8. The standard InChI is InChI=1S/C112H78N10/c1-69-64-119-49-45-81-53-77(37-41-103(81)109(119)115-69)93-19-7-13-25-99(93)87-57-85(58-88(61-87)100-26-14-8-20-94(100)78-38-42-104-82(54-78)46-50-120-65-70(2)116-110(104)120)97-23-11-5-17-91(97)73-29-33-75(34-30-73)107-63-108(114-68-113-107)76-35-31-74(32-36-76)92-18-6-12-24-98(92)86-59-89(101-27-15-9-21-95(101)79-39-43-105-83(55-79)47-51-121-66-71(3)117-111(105)121)62-90(60-86)102-28-16-10-22-96(102)80-40-44-106-84(56-80)48-52-122-67-72(4)118-112(106)122/h5-68,91,97H,1-4H3. The summed E-state index contributed by atoms with van der Waals surface area (Å²) in [5.41, 5.74) is 36.8. The third kappa shape index (κ3) is 12.7. The van der Waals surface area contributed by atoms with Gasteiger partial charge in [-0.15, -0.1) is 0 Å². The fraction of sp³-hybridized carbons (Fsp3) is 0.0536. The van der Waals surface area contributed by atoms with Crippen molar-refractivity contribution in [2.45, 2.75) is 39.5 Å². The van der Waals surface area contributed by atoms with E-state index in [0.29, 0.717) is 0 Å². The van der Waals surface area contributed by atoms with Gasteiger partial charge in [-0.2, -0.15) is 0 Å². The Morgan fingerprint density at radius 3 is 0.787 bits per heavy atom. The zero-order valence-electron chi connectivity index (χ0n) is 67.6. The van der Waals surface area contributed by atoms with Gasteiger partial charge in [-0.3, -0.25) is 0 Å². The van der Waals surface area contributed by atoms with E-state index >= 15 is 0 Å². The molecule has 9 aromatic heterocycles. The van der Waals surface area contributed by atoms with Crippen molar-refractivity contribution in [3.63, 3.8) is 0 Å². The van der Waals surface area contributed by atoms with Crippen molar-refractivity contribution in [3.05, 3.63) is 423 Å². The molecule has 10 nitrogen and oxygen atoms in total. The summed E-state index contributed by atoms with van der Waals surface area (Å²) >= 11 is 0. The van der Waals surface area contributed by atoms with E-state index in [1.165, 1.54) is 22.3 Å². The molecule has 0 N–H and O–H groups in total. The lowest BCUT2D eigenvalue weighted by Crippen LogP contribution is -2.10. The summed E-state index contributed by atoms with van der Waals surface area (Å²) in [6, 6.07) is 115. The molecule has 0 radical (unpaired) electrons. The first-order chi connectivity index (χ1) is 60.0. The van der Waals surface area contributed by atoms with Crippen LogP contribution >= 0.6 is 0 Å². The van der Waals surface area contributed by atoms with Crippen LogP contribution in [0.15, 0.2) is 390 Å². The molecule has 122 heavy (non-hydrogen) atoms. The highest BCUT2D eigenvalue weighted by Gasteiger charge is 2.27. The molecule has 13 aromatic carbocycles. The molecule has 2 unspecified atom stereocenters. The number of aryl methyl sites for hydroxylation is 4. The van der Waals surface area contributed by atoms with Crippen LogP contribution < -0.4 is 0 Å². The van der Waals surface area contributed by atoms with Crippen LogP contribution in [0.1, 0.15) is 45.7 Å². The predicted octanol–water partition coefficient (Wildman–Crippen LogP) is 27.9. The van der Waals surface area contributed by atoms with Crippen LogP contribution in [0.25, 0.3) is 199 Å². The Labute approximate surface area is 705 Å². The van der Waals surface area contributed by atoms with Gasteiger partial charge in [0.2, 0.25) is 0 Å². The van der Waals surface area contributed by atoms with Crippen LogP contribution in [0, 0.1) is 27.7 Å². The lowest BCUT2D eigenvalue weighted by atomic mass is 9.77. The Hall–Kier alpha value is -15.8.